The van der Waals surface area contributed by atoms with Crippen LogP contribution in [0, 0.1) is 0 Å². The lowest BCUT2D eigenvalue weighted by Crippen LogP contribution is -2.35. The lowest BCUT2D eigenvalue weighted by Gasteiger charge is -2.25. The second-order valence-electron chi connectivity index (χ2n) is 4.11. The molecule has 5 nitrogen and oxygen atoms in total. The van der Waals surface area contributed by atoms with Crippen molar-refractivity contribution in [2.45, 2.75) is 12.1 Å². The number of ether oxygens (including phenoxy) is 1. The van der Waals surface area contributed by atoms with E-state index in [4.69, 9.17) is 10.6 Å². The van der Waals surface area contributed by atoms with Crippen LogP contribution in [0.15, 0.2) is 42.7 Å². The van der Waals surface area contributed by atoms with Crippen molar-refractivity contribution in [3.63, 3.8) is 0 Å². The number of aryl methyl sites for hydroxylation is 1. The predicted octanol–water partition coefficient (Wildman–Crippen LogP) is 1.31. The fourth-order valence-electron chi connectivity index (χ4n) is 2.08. The monoisotopic (exact) mass is 246 g/mol. The molecule has 0 spiro atoms. The van der Waals surface area contributed by atoms with Gasteiger partial charge in [-0.25, -0.2) is 10.4 Å². The lowest BCUT2D eigenvalue weighted by molar-refractivity contribution is 0.0639. The van der Waals surface area contributed by atoms with Crippen molar-refractivity contribution in [3.8, 4) is 0 Å². The standard InChI is InChI=1S/C13H18N4O/c1-17-9-8-15-13(17)11(16-14)12(18-2)10-6-4-3-5-7-10/h3-9,11-12,16H,14H2,1-2H3. The van der Waals surface area contributed by atoms with E-state index in [0.29, 0.717) is 0 Å². The fraction of sp³-hybridized carbons (Fsp3) is 0.308. The molecule has 0 saturated carbocycles. The Bertz CT molecular complexity index is 483. The summed E-state index contributed by atoms with van der Waals surface area (Å²) < 4.78 is 7.50. The summed E-state index contributed by atoms with van der Waals surface area (Å²) in [4.78, 5) is 4.32. The van der Waals surface area contributed by atoms with Crippen LogP contribution in [0.1, 0.15) is 23.5 Å². The van der Waals surface area contributed by atoms with E-state index in [1.165, 1.54) is 0 Å². The Kier molecular flexibility index (Phi) is 4.09. The smallest absolute Gasteiger partial charge is 0.129 e. The first-order chi connectivity index (χ1) is 8.77. The highest BCUT2D eigenvalue weighted by molar-refractivity contribution is 5.21. The molecule has 3 N–H and O–H groups in total. The minimum absolute atomic E-state index is 0.183. The third kappa shape index (κ3) is 2.43. The van der Waals surface area contributed by atoms with E-state index >= 15 is 0 Å². The van der Waals surface area contributed by atoms with Crippen molar-refractivity contribution in [2.24, 2.45) is 12.9 Å². The van der Waals surface area contributed by atoms with Gasteiger partial charge in [0.2, 0.25) is 0 Å². The Hall–Kier alpha value is -1.69. The maximum Gasteiger partial charge on any atom is 0.129 e. The maximum atomic E-state index is 5.66. The van der Waals surface area contributed by atoms with Gasteiger partial charge in [0.1, 0.15) is 18.0 Å². The van der Waals surface area contributed by atoms with Gasteiger partial charge in [-0.05, 0) is 5.56 Å². The Balaban J connectivity index is 2.34. The molecule has 2 atom stereocenters. The highest BCUT2D eigenvalue weighted by atomic mass is 16.5. The number of methoxy groups -OCH3 is 1. The Morgan fingerprint density at radius 3 is 2.56 bits per heavy atom. The van der Waals surface area contributed by atoms with Gasteiger partial charge in [0, 0.05) is 26.6 Å². The number of aromatic nitrogens is 2. The number of nitrogens with one attached hydrogen (secondary N) is 1. The number of benzene rings is 1. The molecule has 1 aromatic carbocycles. The van der Waals surface area contributed by atoms with Crippen molar-refractivity contribution in [1.82, 2.24) is 15.0 Å². The molecule has 0 amide bonds. The molecule has 0 radical (unpaired) electrons. The van der Waals surface area contributed by atoms with Crippen LogP contribution in [0.25, 0.3) is 0 Å². The Morgan fingerprint density at radius 1 is 1.33 bits per heavy atom. The first-order valence-corrected chi connectivity index (χ1v) is 5.79. The lowest BCUT2D eigenvalue weighted by atomic mass is 10.0. The molecule has 1 heterocycles. The van der Waals surface area contributed by atoms with Crippen LogP contribution in [-0.4, -0.2) is 16.7 Å². The summed E-state index contributed by atoms with van der Waals surface area (Å²) in [6, 6.07) is 9.77. The zero-order chi connectivity index (χ0) is 13.0. The van der Waals surface area contributed by atoms with Crippen LogP contribution >= 0.6 is 0 Å². The average Bonchev–Trinajstić information content (AvgIpc) is 2.83. The molecule has 18 heavy (non-hydrogen) atoms. The molecular formula is C13H18N4O. The van der Waals surface area contributed by atoms with E-state index < -0.39 is 0 Å². The van der Waals surface area contributed by atoms with E-state index in [1.54, 1.807) is 13.3 Å². The molecule has 0 aliphatic rings. The quantitative estimate of drug-likeness (QED) is 0.616. The number of nitrogens with zero attached hydrogens (tertiary/aromatic N) is 2. The highest BCUT2D eigenvalue weighted by Crippen LogP contribution is 2.29. The van der Waals surface area contributed by atoms with Crippen molar-refractivity contribution in [3.05, 3.63) is 54.1 Å². The van der Waals surface area contributed by atoms with Gasteiger partial charge in [-0.1, -0.05) is 30.3 Å². The number of hydrogen-bond acceptors (Lipinski definition) is 4. The van der Waals surface area contributed by atoms with Crippen LogP contribution < -0.4 is 11.3 Å². The molecule has 0 fully saturated rings. The summed E-state index contributed by atoms with van der Waals surface area (Å²) in [5.74, 6) is 6.50. The van der Waals surface area contributed by atoms with Crippen LogP contribution in [-0.2, 0) is 11.8 Å². The van der Waals surface area contributed by atoms with Gasteiger partial charge in [-0.2, -0.15) is 0 Å². The van der Waals surface area contributed by atoms with Crippen LogP contribution in [0.3, 0.4) is 0 Å². The van der Waals surface area contributed by atoms with Gasteiger partial charge in [0.05, 0.1) is 0 Å². The highest BCUT2D eigenvalue weighted by Gasteiger charge is 2.26. The summed E-state index contributed by atoms with van der Waals surface area (Å²) >= 11 is 0. The van der Waals surface area contributed by atoms with Gasteiger partial charge in [-0.15, -0.1) is 0 Å². The molecule has 0 aliphatic carbocycles. The van der Waals surface area contributed by atoms with Gasteiger partial charge in [-0.3, -0.25) is 5.84 Å². The summed E-state index contributed by atoms with van der Waals surface area (Å²) in [7, 11) is 3.61. The fourth-order valence-corrected chi connectivity index (χ4v) is 2.08. The molecule has 1 aromatic heterocycles. The second-order valence-corrected chi connectivity index (χ2v) is 4.11. The first kappa shape index (κ1) is 12.8. The number of hydrazine groups is 1. The van der Waals surface area contributed by atoms with Gasteiger partial charge >= 0.3 is 0 Å². The summed E-state index contributed by atoms with van der Waals surface area (Å²) in [5.41, 5.74) is 3.85. The number of hydrogen-bond donors (Lipinski definition) is 2. The van der Waals surface area contributed by atoms with Crippen LogP contribution in [0.4, 0.5) is 0 Å². The molecule has 0 bridgehead atoms. The zero-order valence-corrected chi connectivity index (χ0v) is 10.6. The first-order valence-electron chi connectivity index (χ1n) is 5.79. The summed E-state index contributed by atoms with van der Waals surface area (Å²) in [5, 5.41) is 0. The minimum Gasteiger partial charge on any atom is -0.375 e. The third-order valence-electron chi connectivity index (χ3n) is 3.00. The minimum atomic E-state index is -0.197. The van der Waals surface area contributed by atoms with Gasteiger partial charge in [0.15, 0.2) is 0 Å². The van der Waals surface area contributed by atoms with Gasteiger partial charge in [0.25, 0.3) is 0 Å². The Labute approximate surface area is 107 Å². The topological polar surface area (TPSA) is 65.1 Å². The molecule has 2 aromatic rings. The molecule has 2 unspecified atom stereocenters. The maximum absolute atomic E-state index is 5.66. The van der Waals surface area contributed by atoms with Gasteiger partial charge < -0.3 is 9.30 Å². The van der Waals surface area contributed by atoms with Crippen LogP contribution in [0.5, 0.6) is 0 Å². The predicted molar refractivity (Wildman–Crippen MR) is 69.5 cm³/mol. The SMILES string of the molecule is COC(c1ccccc1)C(NN)c1nccn1C. The Morgan fingerprint density at radius 2 is 2.06 bits per heavy atom. The third-order valence-corrected chi connectivity index (χ3v) is 3.00. The number of nitrogens with two attached hydrogens (primary N) is 1. The van der Waals surface area contributed by atoms with Crippen molar-refractivity contribution < 1.29 is 4.74 Å². The molecule has 5 heteroatoms. The zero-order valence-electron chi connectivity index (χ0n) is 10.6. The molecule has 0 aliphatic heterocycles. The second kappa shape index (κ2) is 5.77. The van der Waals surface area contributed by atoms with Crippen LogP contribution in [0.2, 0.25) is 0 Å². The molecule has 96 valence electrons. The summed E-state index contributed by atoms with van der Waals surface area (Å²) in [6.07, 6.45) is 3.45. The largest absolute Gasteiger partial charge is 0.375 e. The molecular weight excluding hydrogens is 228 g/mol. The average molecular weight is 246 g/mol. The number of rotatable bonds is 5. The summed E-state index contributed by atoms with van der Waals surface area (Å²) in [6.45, 7) is 0. The molecule has 0 saturated heterocycles. The van der Waals surface area contributed by atoms with E-state index in [9.17, 15) is 0 Å². The van der Waals surface area contributed by atoms with Crippen molar-refractivity contribution in [2.75, 3.05) is 7.11 Å². The normalized spacial score (nSPS) is 14.4. The molecule has 2 rings (SSSR count). The van der Waals surface area contributed by atoms with E-state index in [1.807, 2.05) is 48.1 Å². The van der Waals surface area contributed by atoms with Crippen molar-refractivity contribution in [1.29, 1.82) is 0 Å². The van der Waals surface area contributed by atoms with E-state index in [0.717, 1.165) is 11.4 Å². The van der Waals surface area contributed by atoms with E-state index in [2.05, 4.69) is 10.4 Å². The van der Waals surface area contributed by atoms with E-state index in [-0.39, 0.29) is 12.1 Å². The number of imidazole rings is 1. The van der Waals surface area contributed by atoms with Crippen molar-refractivity contribution >= 4 is 0 Å².